The van der Waals surface area contributed by atoms with Gasteiger partial charge in [0.05, 0.1) is 17.1 Å². The van der Waals surface area contributed by atoms with Crippen molar-refractivity contribution in [1.82, 2.24) is 0 Å². The van der Waals surface area contributed by atoms with Crippen molar-refractivity contribution in [2.75, 3.05) is 6.61 Å². The molecule has 2 aromatic carbocycles. The summed E-state index contributed by atoms with van der Waals surface area (Å²) in [6, 6.07) is 8.62. The van der Waals surface area contributed by atoms with Crippen molar-refractivity contribution in [3.8, 4) is 22.6 Å². The van der Waals surface area contributed by atoms with E-state index < -0.39 is 17.8 Å². The highest BCUT2D eigenvalue weighted by Crippen LogP contribution is 2.38. The Balaban J connectivity index is 2.03. The molecular formula is C18H16F2NO5. The maximum absolute atomic E-state index is 12.7. The number of halogens is 2. The Morgan fingerprint density at radius 1 is 1.23 bits per heavy atom. The number of nitro benzene ring substituents is 1. The van der Waals surface area contributed by atoms with Crippen LogP contribution in [-0.4, -0.2) is 24.4 Å². The molecule has 137 valence electrons. The van der Waals surface area contributed by atoms with Crippen LogP contribution in [0.3, 0.4) is 0 Å². The largest absolute Gasteiger partial charge is 0.461 e. The highest BCUT2D eigenvalue weighted by molar-refractivity contribution is 5.76. The standard InChI is InChI=1S/C18H16F2NO5/c1-11-4-6-14(21(22)23)13(9-11)12-5-7-15(26-18(19)20)16(10-12)25-17-3-2-8-24-17/h4-7,9-10,17-18H,1-3,8H2. The minimum atomic E-state index is -3.02. The van der Waals surface area contributed by atoms with E-state index in [1.165, 1.54) is 30.3 Å². The number of nitro groups is 1. The highest BCUT2D eigenvalue weighted by atomic mass is 19.3. The third-order valence-corrected chi connectivity index (χ3v) is 3.87. The van der Waals surface area contributed by atoms with Crippen LogP contribution in [0.25, 0.3) is 11.1 Å². The number of rotatable bonds is 6. The highest BCUT2D eigenvalue weighted by Gasteiger charge is 2.22. The van der Waals surface area contributed by atoms with E-state index in [2.05, 4.69) is 11.7 Å². The zero-order valence-electron chi connectivity index (χ0n) is 13.7. The molecule has 1 saturated heterocycles. The van der Waals surface area contributed by atoms with Crippen molar-refractivity contribution in [2.45, 2.75) is 25.7 Å². The molecule has 1 aliphatic heterocycles. The number of ether oxygens (including phenoxy) is 3. The van der Waals surface area contributed by atoms with Crippen LogP contribution in [0.2, 0.25) is 0 Å². The molecule has 1 fully saturated rings. The first-order valence-electron chi connectivity index (χ1n) is 7.92. The molecule has 1 aliphatic rings. The third-order valence-electron chi connectivity index (χ3n) is 3.87. The van der Waals surface area contributed by atoms with E-state index in [9.17, 15) is 18.9 Å². The quantitative estimate of drug-likeness (QED) is 0.555. The molecule has 0 bridgehead atoms. The lowest BCUT2D eigenvalue weighted by Crippen LogP contribution is -2.15. The van der Waals surface area contributed by atoms with Crippen LogP contribution in [0.5, 0.6) is 11.5 Å². The molecule has 26 heavy (non-hydrogen) atoms. The SMILES string of the molecule is [CH2]c1ccc([N+](=O)[O-])c(-c2ccc(OC(F)F)c(OC3CCCO3)c2)c1. The van der Waals surface area contributed by atoms with Crippen LogP contribution in [0, 0.1) is 17.0 Å². The summed E-state index contributed by atoms with van der Waals surface area (Å²) in [6.07, 6.45) is 0.844. The van der Waals surface area contributed by atoms with E-state index in [4.69, 9.17) is 9.47 Å². The molecule has 1 radical (unpaired) electrons. The second-order valence-electron chi connectivity index (χ2n) is 5.71. The van der Waals surface area contributed by atoms with Gasteiger partial charge in [0.2, 0.25) is 0 Å². The van der Waals surface area contributed by atoms with Crippen LogP contribution in [0.4, 0.5) is 14.5 Å². The van der Waals surface area contributed by atoms with Crippen LogP contribution in [-0.2, 0) is 4.74 Å². The molecule has 6 nitrogen and oxygen atoms in total. The number of hydrogen-bond acceptors (Lipinski definition) is 5. The molecule has 0 spiro atoms. The van der Waals surface area contributed by atoms with E-state index >= 15 is 0 Å². The fourth-order valence-corrected chi connectivity index (χ4v) is 2.72. The Bertz CT molecular complexity index is 806. The molecule has 0 aromatic heterocycles. The van der Waals surface area contributed by atoms with E-state index in [0.717, 1.165) is 6.42 Å². The Morgan fingerprint density at radius 2 is 2.04 bits per heavy atom. The number of nitrogens with zero attached hydrogens (tertiary/aromatic N) is 1. The zero-order valence-corrected chi connectivity index (χ0v) is 13.7. The molecule has 1 heterocycles. The minimum Gasteiger partial charge on any atom is -0.461 e. The van der Waals surface area contributed by atoms with Crippen LogP contribution in [0.15, 0.2) is 36.4 Å². The summed E-state index contributed by atoms with van der Waals surface area (Å²) < 4.78 is 40.8. The third kappa shape index (κ3) is 4.08. The van der Waals surface area contributed by atoms with Gasteiger partial charge in [0, 0.05) is 12.5 Å². The molecule has 3 rings (SSSR count). The minimum absolute atomic E-state index is 0.0402. The smallest absolute Gasteiger partial charge is 0.387 e. The van der Waals surface area contributed by atoms with Crippen LogP contribution >= 0.6 is 0 Å². The summed E-state index contributed by atoms with van der Waals surface area (Å²) in [7, 11) is 0. The predicted molar refractivity (Wildman–Crippen MR) is 89.2 cm³/mol. The van der Waals surface area contributed by atoms with Crippen molar-refractivity contribution in [2.24, 2.45) is 0 Å². The number of benzene rings is 2. The Kier molecular flexibility index (Phi) is 5.32. The predicted octanol–water partition coefficient (Wildman–Crippen LogP) is 4.56. The van der Waals surface area contributed by atoms with Crippen molar-refractivity contribution >= 4 is 5.69 Å². The lowest BCUT2D eigenvalue weighted by Gasteiger charge is -2.17. The normalized spacial score (nSPS) is 16.7. The lowest BCUT2D eigenvalue weighted by molar-refractivity contribution is -0.384. The van der Waals surface area contributed by atoms with Crippen molar-refractivity contribution in [3.63, 3.8) is 0 Å². The average Bonchev–Trinajstić information content (AvgIpc) is 3.08. The average molecular weight is 364 g/mol. The van der Waals surface area contributed by atoms with E-state index in [0.29, 0.717) is 29.7 Å². The first-order chi connectivity index (χ1) is 12.4. The van der Waals surface area contributed by atoms with Gasteiger partial charge in [-0.05, 0) is 42.7 Å². The van der Waals surface area contributed by atoms with Gasteiger partial charge in [-0.15, -0.1) is 0 Å². The van der Waals surface area contributed by atoms with Gasteiger partial charge in [0.1, 0.15) is 0 Å². The summed E-state index contributed by atoms with van der Waals surface area (Å²) in [5.41, 5.74) is 1.20. The molecule has 0 aliphatic carbocycles. The summed E-state index contributed by atoms with van der Waals surface area (Å²) in [5, 5.41) is 11.3. The Hall–Kier alpha value is -2.74. The van der Waals surface area contributed by atoms with E-state index in [-0.39, 0.29) is 17.2 Å². The summed E-state index contributed by atoms with van der Waals surface area (Å²) in [4.78, 5) is 10.8. The molecular weight excluding hydrogens is 348 g/mol. The maximum atomic E-state index is 12.7. The monoisotopic (exact) mass is 364 g/mol. The van der Waals surface area contributed by atoms with Crippen molar-refractivity contribution in [1.29, 1.82) is 0 Å². The molecule has 8 heteroatoms. The van der Waals surface area contributed by atoms with E-state index in [1.807, 2.05) is 0 Å². The molecule has 0 amide bonds. The first kappa shape index (κ1) is 18.1. The molecule has 0 N–H and O–H groups in total. The number of alkyl halides is 2. The molecule has 1 atom stereocenters. The van der Waals surface area contributed by atoms with Gasteiger partial charge in [-0.25, -0.2) is 0 Å². The molecule has 0 saturated carbocycles. The Labute approximate surface area is 148 Å². The summed E-state index contributed by atoms with van der Waals surface area (Å²) in [6.45, 7) is 1.27. The Morgan fingerprint density at radius 3 is 2.69 bits per heavy atom. The van der Waals surface area contributed by atoms with Gasteiger partial charge in [0.15, 0.2) is 17.8 Å². The van der Waals surface area contributed by atoms with Gasteiger partial charge >= 0.3 is 6.61 Å². The fraction of sp³-hybridized carbons (Fsp3) is 0.278. The second-order valence-corrected chi connectivity index (χ2v) is 5.71. The van der Waals surface area contributed by atoms with Gasteiger partial charge in [0.25, 0.3) is 5.69 Å². The second kappa shape index (κ2) is 7.65. The maximum Gasteiger partial charge on any atom is 0.387 e. The van der Waals surface area contributed by atoms with Gasteiger partial charge in [-0.3, -0.25) is 10.1 Å². The zero-order chi connectivity index (χ0) is 18.7. The first-order valence-corrected chi connectivity index (χ1v) is 7.92. The molecule has 2 aromatic rings. The lowest BCUT2D eigenvalue weighted by atomic mass is 10.0. The van der Waals surface area contributed by atoms with Gasteiger partial charge in [-0.1, -0.05) is 12.1 Å². The van der Waals surface area contributed by atoms with Crippen LogP contribution < -0.4 is 9.47 Å². The summed E-state index contributed by atoms with van der Waals surface area (Å²) >= 11 is 0. The van der Waals surface area contributed by atoms with Crippen molar-refractivity contribution < 1.29 is 27.9 Å². The van der Waals surface area contributed by atoms with Gasteiger partial charge < -0.3 is 14.2 Å². The topological polar surface area (TPSA) is 70.8 Å². The van der Waals surface area contributed by atoms with Crippen molar-refractivity contribution in [3.05, 3.63) is 59.0 Å². The summed E-state index contributed by atoms with van der Waals surface area (Å²) in [5.74, 6) is -0.119. The van der Waals surface area contributed by atoms with Gasteiger partial charge in [-0.2, -0.15) is 8.78 Å². The number of hydrogen-bond donors (Lipinski definition) is 0. The van der Waals surface area contributed by atoms with Crippen LogP contribution in [0.1, 0.15) is 18.4 Å². The molecule has 1 unspecified atom stereocenters. The fourth-order valence-electron chi connectivity index (χ4n) is 2.72. The van der Waals surface area contributed by atoms with E-state index in [1.54, 1.807) is 6.07 Å².